The summed E-state index contributed by atoms with van der Waals surface area (Å²) in [6, 6.07) is 12.9. The fourth-order valence-electron chi connectivity index (χ4n) is 4.22. The molecule has 0 unspecified atom stereocenters. The first-order chi connectivity index (χ1) is 16.6. The van der Waals surface area contributed by atoms with Gasteiger partial charge in [-0.1, -0.05) is 48.5 Å². The number of nitrogens with zero attached hydrogens (tertiary/aromatic N) is 1. The van der Waals surface area contributed by atoms with Gasteiger partial charge in [0.2, 0.25) is 5.91 Å². The molecule has 2 aromatic rings. The average Bonchev–Trinajstić information content (AvgIpc) is 3.13. The predicted molar refractivity (Wildman–Crippen MR) is 122 cm³/mol. The van der Waals surface area contributed by atoms with Crippen molar-refractivity contribution in [1.82, 2.24) is 10.2 Å². The third-order valence-corrected chi connectivity index (χ3v) is 6.01. The minimum absolute atomic E-state index is 0.0961. The lowest BCUT2D eigenvalue weighted by Gasteiger charge is -2.24. The number of ether oxygens (including phenoxy) is 1. The van der Waals surface area contributed by atoms with Gasteiger partial charge in [0.25, 0.3) is 0 Å². The number of carboxylic acids is 1. The number of carbonyl (C=O) groups is 3. The lowest BCUT2D eigenvalue weighted by molar-refractivity contribution is -0.157. The molecule has 2 aromatic carbocycles. The summed E-state index contributed by atoms with van der Waals surface area (Å²) in [6.45, 7) is 1.54. The fraction of sp³-hybridized carbons (Fsp3) is 0.400. The van der Waals surface area contributed by atoms with Gasteiger partial charge in [-0.05, 0) is 35.6 Å². The molecule has 1 atom stereocenters. The standard InChI is InChI=1S/C25H27F3N2O5/c1-2-30(14-13-23(32)33)22(31)12-11-21(25(26,27)28)29-24(34)35-15-20-18-9-5-3-7-16(18)17-8-4-6-10-19(17)20/h3-10,20-21H,2,11-15H2,1H3,(H,29,34)(H,32,33)/t21-/m0/s1. The molecular formula is C25H27F3N2O5. The molecule has 0 spiro atoms. The maximum Gasteiger partial charge on any atom is 0.408 e. The van der Waals surface area contributed by atoms with Gasteiger partial charge in [0.15, 0.2) is 0 Å². The van der Waals surface area contributed by atoms with Gasteiger partial charge in [0.1, 0.15) is 12.6 Å². The second-order valence-electron chi connectivity index (χ2n) is 8.22. The molecule has 2 amide bonds. The second kappa shape index (κ2) is 11.2. The van der Waals surface area contributed by atoms with Crippen molar-refractivity contribution in [2.45, 2.75) is 44.3 Å². The largest absolute Gasteiger partial charge is 0.481 e. The molecule has 0 aliphatic heterocycles. The Labute approximate surface area is 200 Å². The van der Waals surface area contributed by atoms with E-state index in [-0.39, 0.29) is 32.0 Å². The number of aliphatic carboxylic acids is 1. The van der Waals surface area contributed by atoms with Crippen molar-refractivity contribution >= 4 is 18.0 Å². The van der Waals surface area contributed by atoms with Crippen LogP contribution in [0.25, 0.3) is 11.1 Å². The minimum atomic E-state index is -4.79. The van der Waals surface area contributed by atoms with Crippen molar-refractivity contribution in [2.75, 3.05) is 19.7 Å². The zero-order chi connectivity index (χ0) is 25.6. The van der Waals surface area contributed by atoms with Crippen LogP contribution in [0.15, 0.2) is 48.5 Å². The maximum atomic E-state index is 13.5. The number of carboxylic acid groups (broad SMARTS) is 1. The number of alkyl carbamates (subject to hydrolysis) is 1. The number of hydrogen-bond acceptors (Lipinski definition) is 4. The zero-order valence-corrected chi connectivity index (χ0v) is 19.2. The van der Waals surface area contributed by atoms with Crippen LogP contribution in [-0.4, -0.2) is 59.9 Å². The number of benzene rings is 2. The normalized spacial score (nSPS) is 13.5. The Morgan fingerprint density at radius 2 is 1.60 bits per heavy atom. The van der Waals surface area contributed by atoms with E-state index >= 15 is 0 Å². The van der Waals surface area contributed by atoms with E-state index in [0.29, 0.717) is 0 Å². The number of alkyl halides is 3. The van der Waals surface area contributed by atoms with E-state index in [0.717, 1.165) is 22.3 Å². The molecule has 7 nitrogen and oxygen atoms in total. The number of fused-ring (bicyclic) bond motifs is 3. The molecule has 35 heavy (non-hydrogen) atoms. The van der Waals surface area contributed by atoms with Gasteiger partial charge < -0.3 is 20.1 Å². The monoisotopic (exact) mass is 492 g/mol. The van der Waals surface area contributed by atoms with Crippen molar-refractivity contribution in [3.63, 3.8) is 0 Å². The van der Waals surface area contributed by atoms with E-state index in [1.54, 1.807) is 6.92 Å². The lowest BCUT2D eigenvalue weighted by atomic mass is 9.98. The first-order valence-electron chi connectivity index (χ1n) is 11.3. The van der Waals surface area contributed by atoms with Crippen molar-refractivity contribution in [3.8, 4) is 11.1 Å². The number of halogens is 3. The Balaban J connectivity index is 1.60. The molecule has 3 rings (SSSR count). The molecule has 0 aromatic heterocycles. The summed E-state index contributed by atoms with van der Waals surface area (Å²) in [6.07, 6.45) is -7.50. The Morgan fingerprint density at radius 3 is 2.11 bits per heavy atom. The van der Waals surface area contributed by atoms with Crippen LogP contribution in [0.3, 0.4) is 0 Å². The summed E-state index contributed by atoms with van der Waals surface area (Å²) in [4.78, 5) is 36.4. The lowest BCUT2D eigenvalue weighted by Crippen LogP contribution is -2.46. The van der Waals surface area contributed by atoms with Crippen LogP contribution in [0.4, 0.5) is 18.0 Å². The van der Waals surface area contributed by atoms with Crippen molar-refractivity contribution in [3.05, 3.63) is 59.7 Å². The highest BCUT2D eigenvalue weighted by atomic mass is 19.4. The molecule has 0 bridgehead atoms. The van der Waals surface area contributed by atoms with Crippen LogP contribution < -0.4 is 5.32 Å². The minimum Gasteiger partial charge on any atom is -0.481 e. The number of amides is 2. The Hall–Kier alpha value is -3.56. The first-order valence-corrected chi connectivity index (χ1v) is 11.3. The van der Waals surface area contributed by atoms with Crippen LogP contribution in [0.2, 0.25) is 0 Å². The summed E-state index contributed by atoms with van der Waals surface area (Å²) < 4.78 is 45.8. The summed E-state index contributed by atoms with van der Waals surface area (Å²) >= 11 is 0. The first kappa shape index (κ1) is 26.1. The molecule has 2 N–H and O–H groups in total. The SMILES string of the molecule is CCN(CCC(=O)O)C(=O)CC[C@H](NC(=O)OCC1c2ccccc2-c2ccccc21)C(F)(F)F. The van der Waals surface area contributed by atoms with Crippen molar-refractivity contribution in [1.29, 1.82) is 0 Å². The van der Waals surface area contributed by atoms with Gasteiger partial charge in [-0.2, -0.15) is 13.2 Å². The molecule has 188 valence electrons. The highest BCUT2D eigenvalue weighted by Crippen LogP contribution is 2.44. The number of carbonyl (C=O) groups excluding carboxylic acids is 2. The third-order valence-electron chi connectivity index (χ3n) is 6.01. The summed E-state index contributed by atoms with van der Waals surface area (Å²) in [5.74, 6) is -2.02. The number of nitrogens with one attached hydrogen (secondary N) is 1. The fourth-order valence-corrected chi connectivity index (χ4v) is 4.22. The van der Waals surface area contributed by atoms with Gasteiger partial charge >= 0.3 is 18.2 Å². The molecule has 0 heterocycles. The van der Waals surface area contributed by atoms with Crippen LogP contribution in [0.1, 0.15) is 43.2 Å². The predicted octanol–water partition coefficient (Wildman–Crippen LogP) is 4.56. The Bertz CT molecular complexity index is 1030. The summed E-state index contributed by atoms with van der Waals surface area (Å²) in [5.41, 5.74) is 3.85. The molecule has 1 aliphatic rings. The third kappa shape index (κ3) is 6.52. The Kier molecular flexibility index (Phi) is 8.37. The van der Waals surface area contributed by atoms with Crippen LogP contribution in [-0.2, 0) is 14.3 Å². The van der Waals surface area contributed by atoms with Crippen molar-refractivity contribution < 1.29 is 37.4 Å². The molecular weight excluding hydrogens is 465 g/mol. The topological polar surface area (TPSA) is 95.9 Å². The summed E-state index contributed by atoms with van der Waals surface area (Å²) in [7, 11) is 0. The molecule has 1 aliphatic carbocycles. The average molecular weight is 492 g/mol. The number of hydrogen-bond donors (Lipinski definition) is 2. The summed E-state index contributed by atoms with van der Waals surface area (Å²) in [5, 5.41) is 10.6. The van der Waals surface area contributed by atoms with E-state index in [1.165, 1.54) is 4.90 Å². The highest BCUT2D eigenvalue weighted by molar-refractivity contribution is 5.79. The van der Waals surface area contributed by atoms with E-state index in [4.69, 9.17) is 9.84 Å². The van der Waals surface area contributed by atoms with E-state index < -0.39 is 43.0 Å². The zero-order valence-electron chi connectivity index (χ0n) is 19.2. The molecule has 10 heteroatoms. The van der Waals surface area contributed by atoms with Gasteiger partial charge in [0.05, 0.1) is 6.42 Å². The van der Waals surface area contributed by atoms with Gasteiger partial charge in [-0.3, -0.25) is 9.59 Å². The van der Waals surface area contributed by atoms with E-state index in [1.807, 2.05) is 53.8 Å². The van der Waals surface area contributed by atoms with E-state index in [9.17, 15) is 27.6 Å². The van der Waals surface area contributed by atoms with Gasteiger partial charge in [0, 0.05) is 25.4 Å². The number of rotatable bonds is 10. The van der Waals surface area contributed by atoms with Gasteiger partial charge in [-0.15, -0.1) is 0 Å². The smallest absolute Gasteiger partial charge is 0.408 e. The molecule has 0 radical (unpaired) electrons. The van der Waals surface area contributed by atoms with Crippen molar-refractivity contribution in [2.24, 2.45) is 0 Å². The van der Waals surface area contributed by atoms with Gasteiger partial charge in [-0.25, -0.2) is 4.79 Å². The Morgan fingerprint density at radius 1 is 1.03 bits per heavy atom. The van der Waals surface area contributed by atoms with Crippen LogP contribution in [0, 0.1) is 0 Å². The second-order valence-corrected chi connectivity index (χ2v) is 8.22. The highest BCUT2D eigenvalue weighted by Gasteiger charge is 2.41. The molecule has 0 saturated heterocycles. The van der Waals surface area contributed by atoms with Crippen LogP contribution >= 0.6 is 0 Å². The van der Waals surface area contributed by atoms with E-state index in [2.05, 4.69) is 0 Å². The maximum absolute atomic E-state index is 13.5. The molecule has 0 saturated carbocycles. The van der Waals surface area contributed by atoms with Crippen LogP contribution in [0.5, 0.6) is 0 Å². The quantitative estimate of drug-likeness (QED) is 0.507. The molecule has 0 fully saturated rings.